The van der Waals surface area contributed by atoms with Crippen molar-refractivity contribution < 1.29 is 32.2 Å². The third-order valence-electron chi connectivity index (χ3n) is 4.27. The highest BCUT2D eigenvalue weighted by Gasteiger charge is 2.28. The predicted octanol–water partition coefficient (Wildman–Crippen LogP) is 1.94. The van der Waals surface area contributed by atoms with E-state index in [0.29, 0.717) is 24.7 Å². The Hall–Kier alpha value is -2.62. The van der Waals surface area contributed by atoms with Gasteiger partial charge in [-0.25, -0.2) is 13.2 Å². The van der Waals surface area contributed by atoms with Crippen molar-refractivity contribution in [3.05, 3.63) is 48.0 Å². The van der Waals surface area contributed by atoms with E-state index in [1.807, 2.05) is 0 Å². The van der Waals surface area contributed by atoms with Crippen LogP contribution in [0.1, 0.15) is 10.4 Å². The molecular weight excluding hydrogens is 386 g/mol. The normalized spacial score (nSPS) is 15.1. The van der Waals surface area contributed by atoms with E-state index < -0.39 is 16.0 Å². The number of carbonyl (C=O) groups is 1. The molecule has 150 valence electrons. The number of benzene rings is 2. The number of carbonyl (C=O) groups excluding carboxylic acids is 1. The number of ether oxygens (including phenoxy) is 4. The number of rotatable bonds is 6. The summed E-state index contributed by atoms with van der Waals surface area (Å²) in [6.07, 6.45) is 0. The highest BCUT2D eigenvalue weighted by atomic mass is 32.2. The molecule has 0 aliphatic carbocycles. The van der Waals surface area contributed by atoms with E-state index in [-0.39, 0.29) is 29.3 Å². The smallest absolute Gasteiger partial charge is 0.347 e. The fraction of sp³-hybridized carbons (Fsp3) is 0.316. The van der Waals surface area contributed by atoms with Crippen LogP contribution in [0.4, 0.5) is 0 Å². The van der Waals surface area contributed by atoms with E-state index in [1.165, 1.54) is 36.7 Å². The molecule has 3 rings (SSSR count). The van der Waals surface area contributed by atoms with Crippen molar-refractivity contribution in [3.63, 3.8) is 0 Å². The molecule has 1 saturated heterocycles. The maximum Gasteiger partial charge on any atom is 0.347 e. The lowest BCUT2D eigenvalue weighted by molar-refractivity contribution is 0.0725. The highest BCUT2D eigenvalue weighted by molar-refractivity contribution is 7.89. The number of hydrogen-bond acceptors (Lipinski definition) is 7. The molecule has 9 heteroatoms. The van der Waals surface area contributed by atoms with Gasteiger partial charge in [0.25, 0.3) is 0 Å². The van der Waals surface area contributed by atoms with Crippen LogP contribution < -0.4 is 14.2 Å². The van der Waals surface area contributed by atoms with Crippen LogP contribution >= 0.6 is 0 Å². The number of hydrogen-bond donors (Lipinski definition) is 0. The van der Waals surface area contributed by atoms with E-state index >= 15 is 0 Å². The average molecular weight is 407 g/mol. The summed E-state index contributed by atoms with van der Waals surface area (Å²) in [5.41, 5.74) is 0.0210. The summed E-state index contributed by atoms with van der Waals surface area (Å²) in [7, 11) is -0.819. The van der Waals surface area contributed by atoms with Crippen LogP contribution in [0.3, 0.4) is 0 Å². The van der Waals surface area contributed by atoms with Crippen molar-refractivity contribution in [2.24, 2.45) is 0 Å². The third kappa shape index (κ3) is 4.27. The molecule has 0 N–H and O–H groups in total. The Kier molecular flexibility index (Phi) is 6.18. The second-order valence-corrected chi connectivity index (χ2v) is 7.88. The molecule has 8 nitrogen and oxygen atoms in total. The maximum atomic E-state index is 12.9. The van der Waals surface area contributed by atoms with Crippen molar-refractivity contribution in [3.8, 4) is 17.2 Å². The van der Waals surface area contributed by atoms with Gasteiger partial charge >= 0.3 is 5.97 Å². The van der Waals surface area contributed by atoms with Gasteiger partial charge in [-0.1, -0.05) is 0 Å². The third-order valence-corrected chi connectivity index (χ3v) is 6.16. The second kappa shape index (κ2) is 8.59. The molecular formula is C19H21NO7S. The quantitative estimate of drug-likeness (QED) is 0.534. The Morgan fingerprint density at radius 1 is 0.964 bits per heavy atom. The molecule has 2 aromatic carbocycles. The van der Waals surface area contributed by atoms with Gasteiger partial charge in [0.2, 0.25) is 10.0 Å². The van der Waals surface area contributed by atoms with Crippen LogP contribution in [0.2, 0.25) is 0 Å². The topological polar surface area (TPSA) is 91.4 Å². The van der Waals surface area contributed by atoms with E-state index in [2.05, 4.69) is 0 Å². The van der Waals surface area contributed by atoms with E-state index in [0.717, 1.165) is 0 Å². The number of nitrogens with zero attached hydrogens (tertiary/aromatic N) is 1. The molecule has 1 heterocycles. The number of methoxy groups -OCH3 is 2. The van der Waals surface area contributed by atoms with Crippen molar-refractivity contribution in [1.82, 2.24) is 4.31 Å². The number of sulfonamides is 1. The minimum atomic E-state index is -3.75. The van der Waals surface area contributed by atoms with Crippen LogP contribution in [0, 0.1) is 0 Å². The van der Waals surface area contributed by atoms with Crippen LogP contribution in [-0.4, -0.2) is 59.2 Å². The van der Waals surface area contributed by atoms with Crippen molar-refractivity contribution in [2.75, 3.05) is 40.5 Å². The highest BCUT2D eigenvalue weighted by Crippen LogP contribution is 2.27. The van der Waals surface area contributed by atoms with E-state index in [9.17, 15) is 13.2 Å². The lowest BCUT2D eigenvalue weighted by Crippen LogP contribution is -2.40. The van der Waals surface area contributed by atoms with Crippen molar-refractivity contribution in [2.45, 2.75) is 4.90 Å². The van der Waals surface area contributed by atoms with Crippen LogP contribution in [0.25, 0.3) is 0 Å². The van der Waals surface area contributed by atoms with Gasteiger partial charge in [0, 0.05) is 13.1 Å². The van der Waals surface area contributed by atoms with Gasteiger partial charge < -0.3 is 18.9 Å². The average Bonchev–Trinajstić information content (AvgIpc) is 2.74. The summed E-state index contributed by atoms with van der Waals surface area (Å²) in [6, 6.07) is 10.6. The summed E-state index contributed by atoms with van der Waals surface area (Å²) in [4.78, 5) is 12.6. The first kappa shape index (κ1) is 20.1. The Balaban J connectivity index is 1.88. The second-order valence-electron chi connectivity index (χ2n) is 5.94. The Bertz CT molecular complexity index is 935. The summed E-state index contributed by atoms with van der Waals surface area (Å²) >= 11 is 0. The Labute approximate surface area is 163 Å². The lowest BCUT2D eigenvalue weighted by Gasteiger charge is -2.26. The fourth-order valence-electron chi connectivity index (χ4n) is 2.75. The predicted molar refractivity (Wildman–Crippen MR) is 101 cm³/mol. The SMILES string of the molecule is COc1ccc(OC(=O)c2cc(S(=O)(=O)N3CCOCC3)ccc2OC)cc1. The molecule has 1 fully saturated rings. The zero-order chi connectivity index (χ0) is 20.1. The first-order valence-electron chi connectivity index (χ1n) is 8.58. The molecule has 1 aliphatic rings. The molecule has 1 aliphatic heterocycles. The number of esters is 1. The summed E-state index contributed by atoms with van der Waals surface area (Å²) in [5.74, 6) is 0.422. The lowest BCUT2D eigenvalue weighted by atomic mass is 10.2. The van der Waals surface area contributed by atoms with Gasteiger partial charge in [-0.15, -0.1) is 0 Å². The molecule has 0 radical (unpaired) electrons. The maximum absolute atomic E-state index is 12.9. The van der Waals surface area contributed by atoms with Crippen LogP contribution in [0.15, 0.2) is 47.4 Å². The Morgan fingerprint density at radius 2 is 1.61 bits per heavy atom. The molecule has 0 bridgehead atoms. The van der Waals surface area contributed by atoms with Gasteiger partial charge in [0.05, 0.1) is 32.3 Å². The zero-order valence-electron chi connectivity index (χ0n) is 15.6. The van der Waals surface area contributed by atoms with Crippen LogP contribution in [0.5, 0.6) is 17.2 Å². The first-order chi connectivity index (χ1) is 13.5. The van der Waals surface area contributed by atoms with Crippen molar-refractivity contribution in [1.29, 1.82) is 0 Å². The minimum absolute atomic E-state index is 0.00289. The summed E-state index contributed by atoms with van der Waals surface area (Å²) in [5, 5.41) is 0. The standard InChI is InChI=1S/C19H21NO7S/c1-24-14-3-5-15(6-4-14)27-19(21)17-13-16(7-8-18(17)25-2)28(22,23)20-9-11-26-12-10-20/h3-8,13H,9-12H2,1-2H3. The Morgan fingerprint density at radius 3 is 2.21 bits per heavy atom. The minimum Gasteiger partial charge on any atom is -0.497 e. The van der Waals surface area contributed by atoms with Gasteiger partial charge in [0.1, 0.15) is 22.8 Å². The first-order valence-corrected chi connectivity index (χ1v) is 10.0. The fourth-order valence-corrected chi connectivity index (χ4v) is 4.18. The van der Waals surface area contributed by atoms with Gasteiger partial charge in [-0.2, -0.15) is 4.31 Å². The summed E-state index contributed by atoms with van der Waals surface area (Å²) in [6.45, 7) is 1.20. The molecule has 0 unspecified atom stereocenters. The van der Waals surface area contributed by atoms with Crippen molar-refractivity contribution >= 4 is 16.0 Å². The molecule has 0 saturated carbocycles. The monoisotopic (exact) mass is 407 g/mol. The molecule has 2 aromatic rings. The van der Waals surface area contributed by atoms with Gasteiger partial charge in [0.15, 0.2) is 0 Å². The molecule has 28 heavy (non-hydrogen) atoms. The van der Waals surface area contributed by atoms with Crippen LogP contribution in [-0.2, 0) is 14.8 Å². The van der Waals surface area contributed by atoms with Gasteiger partial charge in [-0.3, -0.25) is 0 Å². The molecule has 0 amide bonds. The largest absolute Gasteiger partial charge is 0.497 e. The van der Waals surface area contributed by atoms with Gasteiger partial charge in [-0.05, 0) is 42.5 Å². The molecule has 0 spiro atoms. The zero-order valence-corrected chi connectivity index (χ0v) is 16.4. The molecule has 0 atom stereocenters. The molecule has 0 aromatic heterocycles. The van der Waals surface area contributed by atoms with E-state index in [4.69, 9.17) is 18.9 Å². The number of morpholine rings is 1. The summed E-state index contributed by atoms with van der Waals surface area (Å²) < 4.78 is 47.9. The van der Waals surface area contributed by atoms with E-state index in [1.54, 1.807) is 24.3 Å².